The second-order valence-electron chi connectivity index (χ2n) is 6.91. The Bertz CT molecular complexity index is 821. The zero-order valence-corrected chi connectivity index (χ0v) is 16.2. The Morgan fingerprint density at radius 3 is 2.15 bits per heavy atom. The molecule has 0 unspecified atom stereocenters. The standard InChI is InChI=1S/C18H22F2N6S/c1-11-9-14(23-17(21-11)12-3-4-12)25-5-7-26(8-6-25)15-10-13(16(19)20)22-18(24-15)27-2/h9-10,12,16H,3-8H2,1-2H3. The molecule has 144 valence electrons. The highest BCUT2D eigenvalue weighted by Gasteiger charge is 2.28. The maximum absolute atomic E-state index is 13.1. The van der Waals surface area contributed by atoms with Crippen LogP contribution >= 0.6 is 11.8 Å². The maximum atomic E-state index is 13.1. The molecular formula is C18H22F2N6S. The van der Waals surface area contributed by atoms with Gasteiger partial charge in [-0.15, -0.1) is 0 Å². The minimum atomic E-state index is -2.59. The molecule has 0 bridgehead atoms. The second kappa shape index (κ2) is 7.53. The van der Waals surface area contributed by atoms with Crippen LogP contribution in [0.2, 0.25) is 0 Å². The Morgan fingerprint density at radius 1 is 0.963 bits per heavy atom. The number of nitrogens with zero attached hydrogens (tertiary/aromatic N) is 6. The number of rotatable bonds is 5. The number of aryl methyl sites for hydroxylation is 1. The molecule has 0 atom stereocenters. The molecule has 0 spiro atoms. The summed E-state index contributed by atoms with van der Waals surface area (Å²) >= 11 is 1.28. The van der Waals surface area contributed by atoms with Crippen molar-refractivity contribution >= 4 is 23.4 Å². The molecule has 6 nitrogen and oxygen atoms in total. The van der Waals surface area contributed by atoms with Gasteiger partial charge in [-0.1, -0.05) is 11.8 Å². The Balaban J connectivity index is 1.48. The minimum Gasteiger partial charge on any atom is -0.353 e. The quantitative estimate of drug-likeness (QED) is 0.571. The number of anilines is 2. The Kier molecular flexibility index (Phi) is 5.12. The van der Waals surface area contributed by atoms with Crippen molar-refractivity contribution in [2.24, 2.45) is 0 Å². The molecule has 27 heavy (non-hydrogen) atoms. The molecule has 2 fully saturated rings. The molecule has 0 N–H and O–H groups in total. The third kappa shape index (κ3) is 4.12. The molecule has 9 heteroatoms. The van der Waals surface area contributed by atoms with E-state index in [2.05, 4.69) is 19.9 Å². The van der Waals surface area contributed by atoms with E-state index in [4.69, 9.17) is 4.98 Å². The largest absolute Gasteiger partial charge is 0.353 e. The van der Waals surface area contributed by atoms with Crippen LogP contribution in [0.4, 0.5) is 20.4 Å². The van der Waals surface area contributed by atoms with Crippen molar-refractivity contribution < 1.29 is 8.78 Å². The third-order valence-corrected chi connectivity index (χ3v) is 5.39. The number of hydrogen-bond acceptors (Lipinski definition) is 7. The summed E-state index contributed by atoms with van der Waals surface area (Å²) in [6.07, 6.45) is 1.55. The van der Waals surface area contributed by atoms with Crippen LogP contribution < -0.4 is 9.80 Å². The lowest BCUT2D eigenvalue weighted by atomic mass is 10.2. The lowest BCUT2D eigenvalue weighted by Crippen LogP contribution is -2.47. The first-order chi connectivity index (χ1) is 13.0. The van der Waals surface area contributed by atoms with E-state index >= 15 is 0 Å². The lowest BCUT2D eigenvalue weighted by molar-refractivity contribution is 0.145. The zero-order chi connectivity index (χ0) is 19.0. The van der Waals surface area contributed by atoms with Gasteiger partial charge in [-0.2, -0.15) is 0 Å². The normalized spacial score (nSPS) is 17.7. The summed E-state index contributed by atoms with van der Waals surface area (Å²) in [6.45, 7) is 4.95. The van der Waals surface area contributed by atoms with E-state index in [1.165, 1.54) is 30.7 Å². The summed E-state index contributed by atoms with van der Waals surface area (Å²) in [7, 11) is 0. The SMILES string of the molecule is CSc1nc(C(F)F)cc(N2CCN(c3cc(C)nc(C4CC4)n3)CC2)n1. The smallest absolute Gasteiger partial charge is 0.280 e. The number of thioether (sulfide) groups is 1. The van der Waals surface area contributed by atoms with E-state index in [0.29, 0.717) is 30.0 Å². The minimum absolute atomic E-state index is 0.215. The molecule has 0 radical (unpaired) electrons. The van der Waals surface area contributed by atoms with Crippen molar-refractivity contribution in [1.82, 2.24) is 19.9 Å². The summed E-state index contributed by atoms with van der Waals surface area (Å²) in [4.78, 5) is 21.9. The lowest BCUT2D eigenvalue weighted by Gasteiger charge is -2.36. The highest BCUT2D eigenvalue weighted by atomic mass is 32.2. The number of piperazine rings is 1. The summed E-state index contributed by atoms with van der Waals surface area (Å²) in [5, 5.41) is 0.380. The van der Waals surface area contributed by atoms with Crippen LogP contribution in [-0.4, -0.2) is 52.4 Å². The van der Waals surface area contributed by atoms with Gasteiger partial charge in [0.05, 0.1) is 0 Å². The third-order valence-electron chi connectivity index (χ3n) is 4.85. The molecule has 1 aliphatic heterocycles. The van der Waals surface area contributed by atoms with Crippen molar-refractivity contribution in [3.05, 3.63) is 29.3 Å². The van der Waals surface area contributed by atoms with Gasteiger partial charge in [-0.3, -0.25) is 0 Å². The van der Waals surface area contributed by atoms with Gasteiger partial charge >= 0.3 is 0 Å². The Morgan fingerprint density at radius 2 is 1.59 bits per heavy atom. The highest BCUT2D eigenvalue weighted by Crippen LogP contribution is 2.38. The van der Waals surface area contributed by atoms with Crippen LogP contribution in [0.3, 0.4) is 0 Å². The van der Waals surface area contributed by atoms with Crippen LogP contribution in [0.5, 0.6) is 0 Å². The number of halogens is 2. The van der Waals surface area contributed by atoms with Crippen LogP contribution in [0.25, 0.3) is 0 Å². The van der Waals surface area contributed by atoms with Gasteiger partial charge in [-0.05, 0) is 26.0 Å². The van der Waals surface area contributed by atoms with Crippen LogP contribution in [0, 0.1) is 6.92 Å². The molecule has 1 aliphatic carbocycles. The van der Waals surface area contributed by atoms with E-state index < -0.39 is 6.43 Å². The Hall–Kier alpha value is -2.03. The van der Waals surface area contributed by atoms with E-state index in [1.807, 2.05) is 17.9 Å². The molecular weight excluding hydrogens is 370 g/mol. The first kappa shape index (κ1) is 18.3. The fourth-order valence-electron chi connectivity index (χ4n) is 3.22. The molecule has 0 aromatic carbocycles. The number of hydrogen-bond donors (Lipinski definition) is 0. The van der Waals surface area contributed by atoms with Crippen molar-refractivity contribution in [2.45, 2.75) is 37.3 Å². The van der Waals surface area contributed by atoms with E-state index in [1.54, 1.807) is 6.26 Å². The topological polar surface area (TPSA) is 58.0 Å². The van der Waals surface area contributed by atoms with Crippen molar-refractivity contribution in [3.63, 3.8) is 0 Å². The van der Waals surface area contributed by atoms with Gasteiger partial charge in [0.2, 0.25) is 0 Å². The first-order valence-corrected chi connectivity index (χ1v) is 10.3. The average Bonchev–Trinajstić information content (AvgIpc) is 3.52. The molecule has 4 rings (SSSR count). The number of aromatic nitrogens is 4. The molecule has 1 saturated carbocycles. The molecule has 2 aliphatic rings. The second-order valence-corrected chi connectivity index (χ2v) is 7.69. The summed E-state index contributed by atoms with van der Waals surface area (Å²) in [5.41, 5.74) is 0.776. The van der Waals surface area contributed by atoms with E-state index in [9.17, 15) is 8.78 Å². The fourth-order valence-corrected chi connectivity index (χ4v) is 3.60. The predicted octanol–water partition coefficient (Wildman–Crippen LogP) is 3.44. The molecule has 0 amide bonds. The Labute approximate surface area is 161 Å². The first-order valence-electron chi connectivity index (χ1n) is 9.10. The van der Waals surface area contributed by atoms with E-state index in [-0.39, 0.29) is 5.69 Å². The summed E-state index contributed by atoms with van der Waals surface area (Å²) in [5.74, 6) is 3.00. The van der Waals surface area contributed by atoms with Gasteiger partial charge < -0.3 is 9.80 Å². The van der Waals surface area contributed by atoms with Gasteiger partial charge in [-0.25, -0.2) is 28.7 Å². The van der Waals surface area contributed by atoms with E-state index in [0.717, 1.165) is 30.4 Å². The average molecular weight is 392 g/mol. The van der Waals surface area contributed by atoms with Crippen LogP contribution in [0.1, 0.15) is 42.4 Å². The highest BCUT2D eigenvalue weighted by molar-refractivity contribution is 7.98. The van der Waals surface area contributed by atoms with Gasteiger partial charge in [0, 0.05) is 49.9 Å². The predicted molar refractivity (Wildman–Crippen MR) is 102 cm³/mol. The van der Waals surface area contributed by atoms with Crippen LogP contribution in [0.15, 0.2) is 17.3 Å². The van der Waals surface area contributed by atoms with Crippen molar-refractivity contribution in [2.75, 3.05) is 42.2 Å². The number of alkyl halides is 2. The molecule has 1 saturated heterocycles. The molecule has 2 aromatic heterocycles. The maximum Gasteiger partial charge on any atom is 0.280 e. The monoisotopic (exact) mass is 392 g/mol. The van der Waals surface area contributed by atoms with Gasteiger partial charge in [0.1, 0.15) is 23.2 Å². The zero-order valence-electron chi connectivity index (χ0n) is 15.4. The fraction of sp³-hybridized carbons (Fsp3) is 0.556. The van der Waals surface area contributed by atoms with Crippen molar-refractivity contribution in [3.8, 4) is 0 Å². The van der Waals surface area contributed by atoms with Gasteiger partial charge in [0.15, 0.2) is 5.16 Å². The van der Waals surface area contributed by atoms with Crippen LogP contribution in [-0.2, 0) is 0 Å². The molecule has 3 heterocycles. The molecule has 2 aromatic rings. The van der Waals surface area contributed by atoms with Gasteiger partial charge in [0.25, 0.3) is 6.43 Å². The summed E-state index contributed by atoms with van der Waals surface area (Å²) < 4.78 is 26.2. The van der Waals surface area contributed by atoms with Crippen molar-refractivity contribution in [1.29, 1.82) is 0 Å². The summed E-state index contributed by atoms with van der Waals surface area (Å²) in [6, 6.07) is 3.42.